The first-order chi connectivity index (χ1) is 9.52. The number of aromatic nitrogens is 2. The Morgan fingerprint density at radius 2 is 2.20 bits per heavy atom. The van der Waals surface area contributed by atoms with Gasteiger partial charge in [-0.1, -0.05) is 19.1 Å². The fourth-order valence-corrected chi connectivity index (χ4v) is 2.85. The van der Waals surface area contributed by atoms with Gasteiger partial charge in [0.1, 0.15) is 0 Å². The van der Waals surface area contributed by atoms with Gasteiger partial charge in [-0.3, -0.25) is 9.82 Å². The Balaban J connectivity index is 2.12. The van der Waals surface area contributed by atoms with E-state index in [1.165, 1.54) is 0 Å². The van der Waals surface area contributed by atoms with E-state index < -0.39 is 10.0 Å². The number of nitrogens with zero attached hydrogens (tertiary/aromatic N) is 2. The highest BCUT2D eigenvalue weighted by Gasteiger charge is 2.13. The zero-order valence-electron chi connectivity index (χ0n) is 10.9. The van der Waals surface area contributed by atoms with Crippen LogP contribution < -0.4 is 4.72 Å². The minimum atomic E-state index is -3.55. The van der Waals surface area contributed by atoms with Crippen LogP contribution in [0.2, 0.25) is 0 Å². The summed E-state index contributed by atoms with van der Waals surface area (Å²) in [6.07, 6.45) is 0.749. The zero-order chi connectivity index (χ0) is 14.6. The molecular weight excluding hydrogens is 276 g/mol. The largest absolute Gasteiger partial charge is 0.280 e. The number of aryl methyl sites for hydroxylation is 1. The van der Waals surface area contributed by atoms with Gasteiger partial charge in [-0.25, -0.2) is 8.42 Å². The monoisotopic (exact) mass is 290 g/mol. The molecule has 2 N–H and O–H groups in total. The lowest BCUT2D eigenvalue weighted by atomic mass is 10.2. The Labute approximate surface area is 117 Å². The van der Waals surface area contributed by atoms with Crippen molar-refractivity contribution in [3.63, 3.8) is 0 Å². The van der Waals surface area contributed by atoms with Gasteiger partial charge in [-0.15, -0.1) is 0 Å². The maximum atomic E-state index is 12.0. The Hall–Kier alpha value is -2.33. The molecule has 1 heterocycles. The van der Waals surface area contributed by atoms with Gasteiger partial charge in [0.2, 0.25) is 10.0 Å². The van der Waals surface area contributed by atoms with Crippen LogP contribution in [0.1, 0.15) is 23.7 Å². The number of hydrogen-bond acceptors (Lipinski definition) is 4. The molecule has 1 aromatic carbocycles. The van der Waals surface area contributed by atoms with Gasteiger partial charge in [0.25, 0.3) is 0 Å². The van der Waals surface area contributed by atoms with Crippen molar-refractivity contribution in [2.75, 3.05) is 4.72 Å². The number of rotatable bonds is 5. The van der Waals surface area contributed by atoms with E-state index in [-0.39, 0.29) is 11.6 Å². The van der Waals surface area contributed by atoms with Gasteiger partial charge >= 0.3 is 0 Å². The maximum absolute atomic E-state index is 12.0. The Kier molecular flexibility index (Phi) is 4.05. The fourth-order valence-electron chi connectivity index (χ4n) is 1.74. The lowest BCUT2D eigenvalue weighted by molar-refractivity contribution is 0.600. The first kappa shape index (κ1) is 14.1. The minimum Gasteiger partial charge on any atom is -0.280 e. The first-order valence-corrected chi connectivity index (χ1v) is 7.71. The lowest BCUT2D eigenvalue weighted by Gasteiger charge is -2.05. The molecule has 0 amide bonds. The molecule has 2 aromatic rings. The molecule has 0 saturated carbocycles. The highest BCUT2D eigenvalue weighted by atomic mass is 32.2. The summed E-state index contributed by atoms with van der Waals surface area (Å²) in [5, 5.41) is 15.4. The summed E-state index contributed by atoms with van der Waals surface area (Å²) < 4.78 is 26.4. The normalized spacial score (nSPS) is 11.0. The molecule has 0 saturated heterocycles. The second-order valence-electron chi connectivity index (χ2n) is 4.31. The van der Waals surface area contributed by atoms with E-state index in [4.69, 9.17) is 5.26 Å². The molecule has 20 heavy (non-hydrogen) atoms. The summed E-state index contributed by atoms with van der Waals surface area (Å²) in [6, 6.07) is 10.2. The first-order valence-electron chi connectivity index (χ1n) is 6.06. The molecule has 2 rings (SSSR count). The summed E-state index contributed by atoms with van der Waals surface area (Å²) in [5.74, 6) is 0.0786. The number of hydrogen-bond donors (Lipinski definition) is 2. The van der Waals surface area contributed by atoms with Gasteiger partial charge in [0.15, 0.2) is 5.82 Å². The minimum absolute atomic E-state index is 0.198. The third kappa shape index (κ3) is 3.59. The number of anilines is 1. The molecule has 0 spiro atoms. The van der Waals surface area contributed by atoms with Crippen molar-refractivity contribution in [3.8, 4) is 6.07 Å². The third-order valence-electron chi connectivity index (χ3n) is 2.68. The highest BCUT2D eigenvalue weighted by molar-refractivity contribution is 7.91. The third-order valence-corrected chi connectivity index (χ3v) is 3.92. The average molecular weight is 290 g/mol. The van der Waals surface area contributed by atoms with Crippen LogP contribution in [-0.2, 0) is 22.2 Å². The molecule has 0 unspecified atom stereocenters. The van der Waals surface area contributed by atoms with Crippen LogP contribution in [0.4, 0.5) is 5.82 Å². The molecule has 0 radical (unpaired) electrons. The molecule has 6 nitrogen and oxygen atoms in total. The van der Waals surface area contributed by atoms with E-state index in [9.17, 15) is 8.42 Å². The SMILES string of the molecule is CCc1cc(NS(=O)(=O)Cc2cccc(C#N)c2)n[nH]1. The van der Waals surface area contributed by atoms with Crippen LogP contribution in [-0.4, -0.2) is 18.6 Å². The second kappa shape index (κ2) is 5.75. The molecule has 0 bridgehead atoms. The number of benzene rings is 1. The molecule has 0 aliphatic heterocycles. The molecule has 0 aliphatic carbocycles. The van der Waals surface area contributed by atoms with Crippen LogP contribution in [0.5, 0.6) is 0 Å². The Morgan fingerprint density at radius 3 is 2.85 bits per heavy atom. The predicted octanol–water partition coefficient (Wildman–Crippen LogP) is 1.79. The number of aromatic amines is 1. The number of nitriles is 1. The molecule has 0 atom stereocenters. The summed E-state index contributed by atoms with van der Waals surface area (Å²) in [5.41, 5.74) is 1.85. The smallest absolute Gasteiger partial charge is 0.238 e. The van der Waals surface area contributed by atoms with E-state index in [0.29, 0.717) is 11.1 Å². The van der Waals surface area contributed by atoms with E-state index in [1.54, 1.807) is 30.3 Å². The number of nitrogens with one attached hydrogen (secondary N) is 2. The molecular formula is C13H14N4O2S. The van der Waals surface area contributed by atoms with Gasteiger partial charge in [-0.2, -0.15) is 10.4 Å². The van der Waals surface area contributed by atoms with Crippen LogP contribution >= 0.6 is 0 Å². The van der Waals surface area contributed by atoms with Gasteiger partial charge < -0.3 is 0 Å². The van der Waals surface area contributed by atoms with Crippen molar-refractivity contribution >= 4 is 15.8 Å². The standard InChI is InChI=1S/C13H14N4O2S/c1-2-12-7-13(16-15-12)17-20(18,19)9-11-5-3-4-10(6-11)8-14/h3-7H,2,9H2,1H3,(H2,15,16,17). The van der Waals surface area contributed by atoms with E-state index in [0.717, 1.165) is 12.1 Å². The summed E-state index contributed by atoms with van der Waals surface area (Å²) in [6.45, 7) is 1.94. The zero-order valence-corrected chi connectivity index (χ0v) is 11.7. The van der Waals surface area contributed by atoms with Crippen LogP contribution in [0.3, 0.4) is 0 Å². The average Bonchev–Trinajstić information content (AvgIpc) is 2.85. The van der Waals surface area contributed by atoms with E-state index in [1.807, 2.05) is 13.0 Å². The quantitative estimate of drug-likeness (QED) is 0.876. The molecule has 104 valence electrons. The molecule has 1 aromatic heterocycles. The summed E-state index contributed by atoms with van der Waals surface area (Å²) in [4.78, 5) is 0. The maximum Gasteiger partial charge on any atom is 0.238 e. The highest BCUT2D eigenvalue weighted by Crippen LogP contribution is 2.13. The predicted molar refractivity (Wildman–Crippen MR) is 75.4 cm³/mol. The topological polar surface area (TPSA) is 98.6 Å². The van der Waals surface area contributed by atoms with Crippen molar-refractivity contribution in [1.29, 1.82) is 5.26 Å². The Bertz CT molecular complexity index is 744. The van der Waals surface area contributed by atoms with E-state index in [2.05, 4.69) is 14.9 Å². The van der Waals surface area contributed by atoms with Crippen LogP contribution in [0.25, 0.3) is 0 Å². The molecule has 0 fully saturated rings. The Morgan fingerprint density at radius 1 is 1.40 bits per heavy atom. The van der Waals surface area contributed by atoms with Crippen molar-refractivity contribution in [3.05, 3.63) is 47.2 Å². The fraction of sp³-hybridized carbons (Fsp3) is 0.231. The van der Waals surface area contributed by atoms with Crippen LogP contribution in [0, 0.1) is 11.3 Å². The van der Waals surface area contributed by atoms with E-state index >= 15 is 0 Å². The number of sulfonamides is 1. The van der Waals surface area contributed by atoms with Crippen molar-refractivity contribution in [2.24, 2.45) is 0 Å². The van der Waals surface area contributed by atoms with Gasteiger partial charge in [0, 0.05) is 11.8 Å². The van der Waals surface area contributed by atoms with Crippen molar-refractivity contribution in [2.45, 2.75) is 19.1 Å². The molecule has 0 aliphatic rings. The summed E-state index contributed by atoms with van der Waals surface area (Å²) in [7, 11) is -3.55. The van der Waals surface area contributed by atoms with Gasteiger partial charge in [0.05, 0.1) is 17.4 Å². The molecule has 7 heteroatoms. The van der Waals surface area contributed by atoms with Crippen molar-refractivity contribution < 1.29 is 8.42 Å². The second-order valence-corrected chi connectivity index (χ2v) is 6.03. The summed E-state index contributed by atoms with van der Waals surface area (Å²) >= 11 is 0. The van der Waals surface area contributed by atoms with Gasteiger partial charge in [-0.05, 0) is 24.1 Å². The van der Waals surface area contributed by atoms with Crippen molar-refractivity contribution in [1.82, 2.24) is 10.2 Å². The van der Waals surface area contributed by atoms with Crippen LogP contribution in [0.15, 0.2) is 30.3 Å². The number of H-pyrrole nitrogens is 1. The lowest BCUT2D eigenvalue weighted by Crippen LogP contribution is -2.15.